The predicted molar refractivity (Wildman–Crippen MR) is 337 cm³/mol. The minimum Gasteiger partial charge on any atom is -0.456 e. The molecular weight excluding hydrogens is 988 g/mol. The fraction of sp³-hybridized carbons (Fsp3) is 0.824. The first-order valence-electron chi connectivity index (χ1n) is 33.1. The molecule has 0 saturated carbocycles. The molecular formula is C68H128N2O7P+. The zero-order valence-corrected chi connectivity index (χ0v) is 53.1. The van der Waals surface area contributed by atoms with Crippen LogP contribution >= 0.6 is 7.82 Å². The zero-order valence-electron chi connectivity index (χ0n) is 52.2. The number of hydrogen-bond donors (Lipinski definition) is 2. The van der Waals surface area contributed by atoms with E-state index in [4.69, 9.17) is 13.8 Å². The van der Waals surface area contributed by atoms with E-state index in [9.17, 15) is 19.0 Å². The van der Waals surface area contributed by atoms with Crippen molar-refractivity contribution in [1.82, 2.24) is 5.32 Å². The molecule has 0 aromatic carbocycles. The highest BCUT2D eigenvalue weighted by Gasteiger charge is 2.30. The van der Waals surface area contributed by atoms with E-state index in [1.165, 1.54) is 193 Å². The Hall–Kier alpha value is -2.29. The van der Waals surface area contributed by atoms with Crippen molar-refractivity contribution in [2.24, 2.45) is 0 Å². The molecule has 0 heterocycles. The maximum absolute atomic E-state index is 13.6. The first-order chi connectivity index (χ1) is 37.9. The van der Waals surface area contributed by atoms with Crippen LogP contribution in [0, 0.1) is 0 Å². The first kappa shape index (κ1) is 75.7. The number of phosphoric acid groups is 1. The summed E-state index contributed by atoms with van der Waals surface area (Å²) in [6.07, 6.45) is 73.7. The lowest BCUT2D eigenvalue weighted by molar-refractivity contribution is -0.870. The van der Waals surface area contributed by atoms with Gasteiger partial charge in [-0.2, -0.15) is 0 Å². The van der Waals surface area contributed by atoms with Gasteiger partial charge in [-0.3, -0.25) is 18.6 Å². The molecule has 0 aliphatic carbocycles. The van der Waals surface area contributed by atoms with E-state index < -0.39 is 20.0 Å². The summed E-state index contributed by atoms with van der Waals surface area (Å²) in [4.78, 5) is 37.7. The van der Waals surface area contributed by atoms with Gasteiger partial charge in [0.25, 0.3) is 0 Å². The third-order valence-corrected chi connectivity index (χ3v) is 15.7. The van der Waals surface area contributed by atoms with Gasteiger partial charge in [0.2, 0.25) is 5.91 Å². The van der Waals surface area contributed by atoms with Gasteiger partial charge >= 0.3 is 13.8 Å². The molecule has 0 aliphatic heterocycles. The van der Waals surface area contributed by atoms with E-state index in [1.807, 2.05) is 33.3 Å². The van der Waals surface area contributed by atoms with Gasteiger partial charge in [0.05, 0.1) is 33.8 Å². The fourth-order valence-corrected chi connectivity index (χ4v) is 10.3. The number of esters is 1. The Morgan fingerprint density at radius 2 is 0.782 bits per heavy atom. The lowest BCUT2D eigenvalue weighted by Gasteiger charge is -2.27. The number of quaternary nitrogens is 1. The summed E-state index contributed by atoms with van der Waals surface area (Å²) in [5, 5.41) is 3.06. The van der Waals surface area contributed by atoms with Crippen LogP contribution in [0.4, 0.5) is 0 Å². The summed E-state index contributed by atoms with van der Waals surface area (Å²) >= 11 is 0. The van der Waals surface area contributed by atoms with E-state index in [0.717, 1.165) is 77.0 Å². The SMILES string of the molecule is CCCCC/C=C\C/C=C\C/C=C\CCCCCCCCCCCCCCCCC(=O)NC(COP(=O)(O)OCC[N+](C)(C)C)C(/C=C\CCCCCCCCCCC)OC(=O)CCCCC/C=C\CCCCCCCCC. The Labute approximate surface area is 483 Å². The zero-order chi connectivity index (χ0) is 57.2. The van der Waals surface area contributed by atoms with Gasteiger partial charge in [-0.25, -0.2) is 4.57 Å². The molecule has 0 saturated heterocycles. The summed E-state index contributed by atoms with van der Waals surface area (Å²) in [5.74, 6) is -0.517. The number of nitrogens with one attached hydrogen (secondary N) is 1. The van der Waals surface area contributed by atoms with E-state index in [1.54, 1.807) is 0 Å². The summed E-state index contributed by atoms with van der Waals surface area (Å²) in [5.41, 5.74) is 0. The largest absolute Gasteiger partial charge is 0.472 e. The molecule has 10 heteroatoms. The maximum atomic E-state index is 13.6. The average molecular weight is 1120 g/mol. The molecule has 0 aliphatic rings. The topological polar surface area (TPSA) is 111 Å². The second-order valence-electron chi connectivity index (χ2n) is 23.6. The van der Waals surface area contributed by atoms with Gasteiger partial charge in [-0.05, 0) is 96.0 Å². The van der Waals surface area contributed by atoms with Crippen molar-refractivity contribution in [2.75, 3.05) is 40.9 Å². The lowest BCUT2D eigenvalue weighted by Crippen LogP contribution is -2.47. The molecule has 78 heavy (non-hydrogen) atoms. The summed E-state index contributed by atoms with van der Waals surface area (Å²) in [6.45, 7) is 6.99. The molecule has 456 valence electrons. The molecule has 9 nitrogen and oxygen atoms in total. The van der Waals surface area contributed by atoms with Crippen molar-refractivity contribution in [3.05, 3.63) is 60.8 Å². The Bertz CT molecular complexity index is 1520. The van der Waals surface area contributed by atoms with E-state index in [2.05, 4.69) is 74.7 Å². The van der Waals surface area contributed by atoms with Gasteiger partial charge in [0, 0.05) is 12.8 Å². The number of phosphoric ester groups is 1. The number of nitrogens with zero attached hydrogens (tertiary/aromatic N) is 1. The number of likely N-dealkylation sites (N-methyl/N-ethyl adjacent to an activating group) is 1. The lowest BCUT2D eigenvalue weighted by atomic mass is 10.0. The normalized spacial score (nSPS) is 14.0. The van der Waals surface area contributed by atoms with Crippen molar-refractivity contribution >= 4 is 19.7 Å². The number of rotatable bonds is 60. The highest BCUT2D eigenvalue weighted by molar-refractivity contribution is 7.47. The predicted octanol–water partition coefficient (Wildman–Crippen LogP) is 20.6. The molecule has 0 aromatic rings. The molecule has 2 N–H and O–H groups in total. The monoisotopic (exact) mass is 1120 g/mol. The van der Waals surface area contributed by atoms with Crippen LogP contribution in [-0.4, -0.2) is 74.3 Å². The number of ether oxygens (including phenoxy) is 1. The number of carbonyl (C=O) groups excluding carboxylic acids is 2. The second kappa shape index (κ2) is 57.9. The highest BCUT2D eigenvalue weighted by Crippen LogP contribution is 2.43. The van der Waals surface area contributed by atoms with Crippen LogP contribution in [-0.2, 0) is 27.9 Å². The van der Waals surface area contributed by atoms with Gasteiger partial charge in [0.1, 0.15) is 19.3 Å². The number of amides is 1. The van der Waals surface area contributed by atoms with Crippen molar-refractivity contribution in [3.8, 4) is 0 Å². The molecule has 3 unspecified atom stereocenters. The van der Waals surface area contributed by atoms with Crippen molar-refractivity contribution in [3.63, 3.8) is 0 Å². The molecule has 0 fully saturated rings. The van der Waals surface area contributed by atoms with Crippen LogP contribution in [0.15, 0.2) is 60.8 Å². The minimum absolute atomic E-state index is 0.0379. The molecule has 0 bridgehead atoms. The summed E-state index contributed by atoms with van der Waals surface area (Å²) in [7, 11) is 1.49. The summed E-state index contributed by atoms with van der Waals surface area (Å²) in [6, 6.07) is -0.854. The van der Waals surface area contributed by atoms with Gasteiger partial charge < -0.3 is 19.4 Å². The highest BCUT2D eigenvalue weighted by atomic mass is 31.2. The molecule has 0 radical (unpaired) electrons. The molecule has 0 spiro atoms. The molecule has 1 amide bonds. The van der Waals surface area contributed by atoms with Crippen LogP contribution in [0.3, 0.4) is 0 Å². The second-order valence-corrected chi connectivity index (χ2v) is 25.1. The Morgan fingerprint density at radius 1 is 0.449 bits per heavy atom. The Kier molecular flexibility index (Phi) is 56.2. The van der Waals surface area contributed by atoms with Gasteiger partial charge in [-0.15, -0.1) is 0 Å². The first-order valence-corrected chi connectivity index (χ1v) is 34.6. The van der Waals surface area contributed by atoms with Crippen molar-refractivity contribution < 1.29 is 37.3 Å². The van der Waals surface area contributed by atoms with Crippen LogP contribution < -0.4 is 5.32 Å². The quantitative estimate of drug-likeness (QED) is 0.0205. The standard InChI is InChI=1S/C68H127N2O7P/c1-7-10-13-16-19-22-25-27-29-30-31-32-33-34-35-36-37-38-39-40-41-42-45-48-51-54-57-60-67(71)69-65(64-76-78(73,74)75-63-62-70(4,5)6)66(59-56-53-50-47-44-24-21-18-15-12-9-3)77-68(72)61-58-55-52-49-46-43-28-26-23-20-17-14-11-8-2/h19,22,27,29,31-32,43,46,56,59,65-66H,7-18,20-21,23-26,28,30,33-42,44-45,47-55,57-58,60-64H2,1-6H3,(H-,69,71,73,74)/p+1/b22-19-,29-27-,32-31-,46-43-,59-56-. The molecule has 0 rings (SSSR count). The van der Waals surface area contributed by atoms with Crippen LogP contribution in [0.1, 0.15) is 310 Å². The number of carbonyl (C=O) groups is 2. The van der Waals surface area contributed by atoms with Crippen molar-refractivity contribution in [2.45, 2.75) is 322 Å². The molecule has 0 aromatic heterocycles. The number of hydrogen-bond acceptors (Lipinski definition) is 6. The van der Waals surface area contributed by atoms with Gasteiger partial charge in [0.15, 0.2) is 0 Å². The van der Waals surface area contributed by atoms with Crippen molar-refractivity contribution in [1.29, 1.82) is 0 Å². The summed E-state index contributed by atoms with van der Waals surface area (Å²) < 4.78 is 30.7. The minimum atomic E-state index is -4.45. The Morgan fingerprint density at radius 3 is 1.22 bits per heavy atom. The third-order valence-electron chi connectivity index (χ3n) is 14.7. The van der Waals surface area contributed by atoms with E-state index in [-0.39, 0.29) is 31.5 Å². The fourth-order valence-electron chi connectivity index (χ4n) is 9.53. The van der Waals surface area contributed by atoms with Gasteiger partial charge in [-0.1, -0.05) is 262 Å². The molecule has 3 atom stereocenters. The van der Waals surface area contributed by atoms with E-state index in [0.29, 0.717) is 23.9 Å². The maximum Gasteiger partial charge on any atom is 0.472 e. The Balaban J connectivity index is 5.01. The third kappa shape index (κ3) is 58.4. The number of unbranched alkanes of at least 4 members (excludes halogenated alkanes) is 36. The van der Waals surface area contributed by atoms with E-state index >= 15 is 0 Å². The number of allylic oxidation sites excluding steroid dienone is 9. The van der Waals surface area contributed by atoms with Crippen LogP contribution in [0.5, 0.6) is 0 Å². The average Bonchev–Trinajstić information content (AvgIpc) is 3.41. The smallest absolute Gasteiger partial charge is 0.456 e. The van der Waals surface area contributed by atoms with Crippen LogP contribution in [0.2, 0.25) is 0 Å². The van der Waals surface area contributed by atoms with Crippen LogP contribution in [0.25, 0.3) is 0 Å².